The zero-order chi connectivity index (χ0) is 20.4. The fourth-order valence-corrected chi connectivity index (χ4v) is 3.77. The first-order valence-corrected chi connectivity index (χ1v) is 9.92. The second-order valence-corrected chi connectivity index (χ2v) is 8.29. The van der Waals surface area contributed by atoms with E-state index in [0.29, 0.717) is 6.42 Å². The molecule has 0 aliphatic carbocycles. The highest BCUT2D eigenvalue weighted by Gasteiger charge is 2.39. The van der Waals surface area contributed by atoms with Crippen molar-refractivity contribution in [3.8, 4) is 0 Å². The van der Waals surface area contributed by atoms with Crippen LogP contribution < -0.4 is 5.32 Å². The van der Waals surface area contributed by atoms with E-state index in [1.165, 1.54) is 11.8 Å². The number of nitrogens with zero attached hydrogens (tertiary/aromatic N) is 2. The molecule has 1 aliphatic heterocycles. The minimum Gasteiger partial charge on any atom is -0.396 e. The van der Waals surface area contributed by atoms with Gasteiger partial charge in [-0.25, -0.2) is 0 Å². The van der Waals surface area contributed by atoms with Crippen molar-refractivity contribution in [2.24, 2.45) is 10.6 Å². The van der Waals surface area contributed by atoms with Crippen molar-refractivity contribution in [2.45, 2.75) is 50.8 Å². The van der Waals surface area contributed by atoms with Gasteiger partial charge in [-0.1, -0.05) is 19.0 Å². The molecule has 0 radical (unpaired) electrons. The fraction of sp³-hybridized carbons (Fsp3) is 0.765. The number of likely N-dealkylation sites (tertiary alicyclic amines) is 1. The lowest BCUT2D eigenvalue weighted by molar-refractivity contribution is -0.138. The van der Waals surface area contributed by atoms with Crippen molar-refractivity contribution in [1.82, 2.24) is 10.2 Å². The summed E-state index contributed by atoms with van der Waals surface area (Å²) in [5.41, 5.74) is -0.797. The average molecular weight is 401 g/mol. The predicted octanol–water partition coefficient (Wildman–Crippen LogP) is 0.486. The molecule has 0 aromatic heterocycles. The highest BCUT2D eigenvalue weighted by molar-refractivity contribution is 8.00. The monoisotopic (exact) mass is 401 g/mol. The van der Waals surface area contributed by atoms with Gasteiger partial charge in [-0.05, 0) is 12.8 Å². The number of nitroso groups, excluding NO2 is 1. The molecule has 9 nitrogen and oxygen atoms in total. The quantitative estimate of drug-likeness (QED) is 0.198. The topological polar surface area (TPSA) is 133 Å². The van der Waals surface area contributed by atoms with Crippen molar-refractivity contribution in [3.05, 3.63) is 4.91 Å². The van der Waals surface area contributed by atoms with Crippen LogP contribution in [0, 0.1) is 10.3 Å². The van der Waals surface area contributed by atoms with Crippen molar-refractivity contribution in [1.29, 1.82) is 0 Å². The van der Waals surface area contributed by atoms with Gasteiger partial charge in [0.05, 0.1) is 11.3 Å². The van der Waals surface area contributed by atoms with Crippen LogP contribution in [0.5, 0.6) is 0 Å². The van der Waals surface area contributed by atoms with E-state index in [-0.39, 0.29) is 62.4 Å². The Morgan fingerprint density at radius 3 is 2.78 bits per heavy atom. The van der Waals surface area contributed by atoms with Crippen molar-refractivity contribution in [2.75, 3.05) is 25.4 Å². The van der Waals surface area contributed by atoms with Gasteiger partial charge < -0.3 is 15.2 Å². The molecular weight excluding hydrogens is 374 g/mol. The SMILES string of the molecule is CC(C)(CCO)C(=O)NC(CN=O)CSC1CC(=O)N(CCCC=O)C1=O. The number of aliphatic hydroxyl groups excluding tert-OH is 1. The van der Waals surface area contributed by atoms with Crippen molar-refractivity contribution < 1.29 is 24.3 Å². The number of thioether (sulfide) groups is 1. The molecule has 1 aliphatic rings. The smallest absolute Gasteiger partial charge is 0.242 e. The summed E-state index contributed by atoms with van der Waals surface area (Å²) in [6, 6.07) is -0.565. The Labute approximate surface area is 162 Å². The van der Waals surface area contributed by atoms with Gasteiger partial charge in [0.25, 0.3) is 0 Å². The van der Waals surface area contributed by atoms with Crippen LogP contribution in [0.2, 0.25) is 0 Å². The number of nitrogens with one attached hydrogen (secondary N) is 1. The predicted molar refractivity (Wildman–Crippen MR) is 101 cm³/mol. The van der Waals surface area contributed by atoms with Gasteiger partial charge in [0, 0.05) is 37.2 Å². The molecule has 0 saturated carbocycles. The number of carbonyl (C=O) groups excluding carboxylic acids is 4. The zero-order valence-corrected chi connectivity index (χ0v) is 16.5. The first kappa shape index (κ1) is 23.2. The summed E-state index contributed by atoms with van der Waals surface area (Å²) in [4.78, 5) is 58.9. The average Bonchev–Trinajstić information content (AvgIpc) is 2.87. The normalized spacial score (nSPS) is 18.5. The van der Waals surface area contributed by atoms with Gasteiger partial charge >= 0.3 is 0 Å². The summed E-state index contributed by atoms with van der Waals surface area (Å²) >= 11 is 1.21. The van der Waals surface area contributed by atoms with Crippen LogP contribution in [0.3, 0.4) is 0 Å². The number of hydrogen-bond donors (Lipinski definition) is 2. The number of carbonyl (C=O) groups is 4. The molecule has 2 unspecified atom stereocenters. The van der Waals surface area contributed by atoms with Gasteiger partial charge in [0.15, 0.2) is 0 Å². The molecule has 1 rings (SSSR count). The van der Waals surface area contributed by atoms with Crippen LogP contribution in [0.25, 0.3) is 0 Å². The van der Waals surface area contributed by atoms with Crippen LogP contribution >= 0.6 is 11.8 Å². The van der Waals surface area contributed by atoms with Crippen molar-refractivity contribution >= 4 is 35.8 Å². The fourth-order valence-electron chi connectivity index (χ4n) is 2.59. The molecule has 1 saturated heterocycles. The summed E-state index contributed by atoms with van der Waals surface area (Å²) in [6.07, 6.45) is 1.81. The highest BCUT2D eigenvalue weighted by Crippen LogP contribution is 2.26. The van der Waals surface area contributed by atoms with Crippen LogP contribution in [-0.4, -0.2) is 70.8 Å². The van der Waals surface area contributed by atoms with E-state index < -0.39 is 16.7 Å². The standard InChI is InChI=1S/C17H27N3O6S/c1-17(2,5-8-22)16(25)19-12(10-18-26)11-27-13-9-14(23)20(15(13)24)6-3-4-7-21/h7,12-13,22H,3-6,8-11H2,1-2H3,(H,19,25). The molecule has 2 N–H and O–H groups in total. The Kier molecular flexibility index (Phi) is 9.57. The third-order valence-electron chi connectivity index (χ3n) is 4.39. The molecule has 1 heterocycles. The maximum Gasteiger partial charge on any atom is 0.242 e. The third kappa shape index (κ3) is 7.02. The highest BCUT2D eigenvalue weighted by atomic mass is 32.2. The molecular formula is C17H27N3O6S. The number of hydrogen-bond acceptors (Lipinski definition) is 8. The van der Waals surface area contributed by atoms with Crippen LogP contribution in [0.4, 0.5) is 0 Å². The Balaban J connectivity index is 2.60. The number of rotatable bonds is 13. The summed E-state index contributed by atoms with van der Waals surface area (Å²) in [5, 5.41) is 14.1. The molecule has 1 fully saturated rings. The van der Waals surface area contributed by atoms with E-state index in [1.807, 2.05) is 0 Å². The van der Waals surface area contributed by atoms with E-state index in [2.05, 4.69) is 10.5 Å². The van der Waals surface area contributed by atoms with Gasteiger partial charge in [0.2, 0.25) is 17.7 Å². The molecule has 2 atom stereocenters. The summed E-state index contributed by atoms with van der Waals surface area (Å²) in [7, 11) is 0. The van der Waals surface area contributed by atoms with Crippen LogP contribution in [-0.2, 0) is 19.2 Å². The lowest BCUT2D eigenvalue weighted by atomic mass is 9.88. The second kappa shape index (κ2) is 11.1. The Hall–Kier alpha value is -1.81. The maximum absolute atomic E-state index is 12.3. The van der Waals surface area contributed by atoms with E-state index in [4.69, 9.17) is 5.11 Å². The molecule has 152 valence electrons. The summed E-state index contributed by atoms with van der Waals surface area (Å²) in [6.45, 7) is 3.32. The number of aliphatic hydroxyl groups is 1. The largest absolute Gasteiger partial charge is 0.396 e. The third-order valence-corrected chi connectivity index (χ3v) is 5.75. The van der Waals surface area contributed by atoms with Crippen LogP contribution in [0.15, 0.2) is 5.18 Å². The Morgan fingerprint density at radius 1 is 1.48 bits per heavy atom. The van der Waals surface area contributed by atoms with Gasteiger partial charge in [-0.2, -0.15) is 4.91 Å². The summed E-state index contributed by atoms with van der Waals surface area (Å²) in [5.74, 6) is -0.629. The minimum absolute atomic E-state index is 0.0653. The molecule has 0 aromatic rings. The van der Waals surface area contributed by atoms with E-state index in [1.54, 1.807) is 13.8 Å². The minimum atomic E-state index is -0.797. The summed E-state index contributed by atoms with van der Waals surface area (Å²) < 4.78 is 0. The Morgan fingerprint density at radius 2 is 2.19 bits per heavy atom. The molecule has 0 aromatic carbocycles. The van der Waals surface area contributed by atoms with E-state index in [9.17, 15) is 24.1 Å². The molecule has 3 amide bonds. The number of amides is 3. The van der Waals surface area contributed by atoms with E-state index >= 15 is 0 Å². The van der Waals surface area contributed by atoms with Gasteiger partial charge in [-0.15, -0.1) is 11.8 Å². The maximum atomic E-state index is 12.3. The van der Waals surface area contributed by atoms with Gasteiger partial charge in [-0.3, -0.25) is 19.3 Å². The van der Waals surface area contributed by atoms with Crippen molar-refractivity contribution in [3.63, 3.8) is 0 Å². The molecule has 0 bridgehead atoms. The first-order valence-electron chi connectivity index (χ1n) is 8.87. The van der Waals surface area contributed by atoms with E-state index in [0.717, 1.165) is 11.2 Å². The number of aldehydes is 1. The molecule has 10 heteroatoms. The first-order chi connectivity index (χ1) is 12.8. The van der Waals surface area contributed by atoms with Gasteiger partial charge in [0.1, 0.15) is 12.8 Å². The molecule has 0 spiro atoms. The Bertz CT molecular complexity index is 569. The lowest BCUT2D eigenvalue weighted by Gasteiger charge is -2.26. The molecule has 27 heavy (non-hydrogen) atoms. The second-order valence-electron chi connectivity index (χ2n) is 7.06. The number of imide groups is 1. The number of unbranched alkanes of at least 4 members (excludes halogenated alkanes) is 1. The zero-order valence-electron chi connectivity index (χ0n) is 15.7. The van der Waals surface area contributed by atoms with Crippen LogP contribution in [0.1, 0.15) is 39.5 Å². The lowest BCUT2D eigenvalue weighted by Crippen LogP contribution is -2.46.